The van der Waals surface area contributed by atoms with Crippen molar-refractivity contribution in [3.8, 4) is 0 Å². The summed E-state index contributed by atoms with van der Waals surface area (Å²) in [6.45, 7) is 5.48. The van der Waals surface area contributed by atoms with E-state index < -0.39 is 11.7 Å². The van der Waals surface area contributed by atoms with Gasteiger partial charge >= 0.3 is 6.09 Å². The van der Waals surface area contributed by atoms with Crippen molar-refractivity contribution in [1.29, 1.82) is 0 Å². The molecule has 0 saturated heterocycles. The molecular formula is C14H26N2O4. The molecule has 0 aromatic rings. The van der Waals surface area contributed by atoms with E-state index in [1.165, 1.54) is 12.2 Å². The Labute approximate surface area is 120 Å². The zero-order valence-corrected chi connectivity index (χ0v) is 13.1. The van der Waals surface area contributed by atoms with E-state index in [0.29, 0.717) is 6.42 Å². The van der Waals surface area contributed by atoms with Crippen LogP contribution < -0.4 is 5.32 Å². The van der Waals surface area contributed by atoms with Crippen LogP contribution in [0.25, 0.3) is 0 Å². The predicted octanol–water partition coefficient (Wildman–Crippen LogP) is 2.09. The Kier molecular flexibility index (Phi) is 5.80. The first-order chi connectivity index (χ1) is 9.23. The number of nitrogens with one attached hydrogen (secondary N) is 1. The van der Waals surface area contributed by atoms with Crippen LogP contribution in [-0.2, 0) is 14.4 Å². The van der Waals surface area contributed by atoms with Crippen molar-refractivity contribution in [2.45, 2.75) is 58.1 Å². The molecule has 1 aliphatic carbocycles. The monoisotopic (exact) mass is 286 g/mol. The highest BCUT2D eigenvalue weighted by atomic mass is 16.7. The molecule has 1 saturated carbocycles. The van der Waals surface area contributed by atoms with E-state index in [1.807, 2.05) is 20.8 Å². The molecule has 1 fully saturated rings. The molecular weight excluding hydrogens is 260 g/mol. The molecule has 20 heavy (non-hydrogen) atoms. The fourth-order valence-corrected chi connectivity index (χ4v) is 2.37. The van der Waals surface area contributed by atoms with Crippen LogP contribution in [-0.4, -0.2) is 42.9 Å². The third-order valence-electron chi connectivity index (χ3n) is 3.33. The Hall–Kier alpha value is -1.30. The van der Waals surface area contributed by atoms with Gasteiger partial charge in [0.05, 0.1) is 7.11 Å². The van der Waals surface area contributed by atoms with Crippen molar-refractivity contribution >= 4 is 12.0 Å². The molecule has 0 heterocycles. The minimum Gasteiger partial charge on any atom is -0.444 e. The van der Waals surface area contributed by atoms with E-state index in [9.17, 15) is 9.59 Å². The third-order valence-corrected chi connectivity index (χ3v) is 3.33. The van der Waals surface area contributed by atoms with Crippen molar-refractivity contribution in [2.24, 2.45) is 5.92 Å². The van der Waals surface area contributed by atoms with Gasteiger partial charge in [-0.05, 0) is 40.0 Å². The summed E-state index contributed by atoms with van der Waals surface area (Å²) in [5.74, 6) is -0.142. The zero-order chi connectivity index (χ0) is 15.3. The Morgan fingerprint density at radius 3 is 2.45 bits per heavy atom. The van der Waals surface area contributed by atoms with Gasteiger partial charge in [-0.15, -0.1) is 0 Å². The summed E-state index contributed by atoms with van der Waals surface area (Å²) < 4.78 is 5.23. The molecule has 0 unspecified atom stereocenters. The van der Waals surface area contributed by atoms with Crippen LogP contribution in [0, 0.1) is 5.92 Å². The summed E-state index contributed by atoms with van der Waals surface area (Å²) in [6.07, 6.45) is 2.83. The highest BCUT2D eigenvalue weighted by Gasteiger charge is 2.31. The molecule has 0 aromatic carbocycles. The first-order valence-corrected chi connectivity index (χ1v) is 7.04. The average Bonchev–Trinajstić information content (AvgIpc) is 2.34. The Balaban J connectivity index is 2.49. The molecule has 1 rings (SSSR count). The quantitative estimate of drug-likeness (QED) is 0.807. The van der Waals surface area contributed by atoms with Gasteiger partial charge in [0.25, 0.3) is 0 Å². The normalized spacial score (nSPS) is 23.1. The summed E-state index contributed by atoms with van der Waals surface area (Å²) in [5.41, 5.74) is -0.510. The molecule has 2 amide bonds. The number of ether oxygens (including phenoxy) is 1. The molecule has 0 radical (unpaired) electrons. The number of amides is 2. The summed E-state index contributed by atoms with van der Waals surface area (Å²) in [6, 6.07) is -0.0159. The van der Waals surface area contributed by atoms with E-state index in [0.717, 1.165) is 19.3 Å². The van der Waals surface area contributed by atoms with Gasteiger partial charge in [0.2, 0.25) is 5.91 Å². The molecule has 6 heteroatoms. The lowest BCUT2D eigenvalue weighted by Gasteiger charge is -2.31. The fourth-order valence-electron chi connectivity index (χ4n) is 2.37. The standard InChI is InChI=1S/C14H26N2O4/c1-14(2,3)20-13(18)15-11-8-6-7-10(9-11)12(17)16(4)19-5/h10-11H,6-9H2,1-5H3,(H,15,18)/t10-,11-/m1/s1. The number of alkyl carbamates (subject to hydrolysis) is 1. The topological polar surface area (TPSA) is 67.9 Å². The minimum absolute atomic E-state index is 0.0159. The molecule has 0 spiro atoms. The van der Waals surface area contributed by atoms with Gasteiger partial charge in [-0.3, -0.25) is 9.63 Å². The Morgan fingerprint density at radius 1 is 1.25 bits per heavy atom. The molecule has 0 bridgehead atoms. The second-order valence-electron chi connectivity index (χ2n) is 6.22. The largest absolute Gasteiger partial charge is 0.444 e. The van der Waals surface area contributed by atoms with Gasteiger partial charge in [0.15, 0.2) is 0 Å². The van der Waals surface area contributed by atoms with Gasteiger partial charge < -0.3 is 10.1 Å². The lowest BCUT2D eigenvalue weighted by atomic mass is 9.85. The van der Waals surface area contributed by atoms with Crippen LogP contribution in [0.5, 0.6) is 0 Å². The van der Waals surface area contributed by atoms with Gasteiger partial charge in [-0.25, -0.2) is 9.86 Å². The molecule has 1 aliphatic rings. The van der Waals surface area contributed by atoms with Crippen molar-refractivity contribution in [2.75, 3.05) is 14.2 Å². The third kappa shape index (κ3) is 5.36. The second kappa shape index (κ2) is 6.92. The van der Waals surface area contributed by atoms with Crippen molar-refractivity contribution in [3.05, 3.63) is 0 Å². The summed E-state index contributed by atoms with van der Waals surface area (Å²) >= 11 is 0. The molecule has 0 aliphatic heterocycles. The number of carbonyl (C=O) groups is 2. The van der Waals surface area contributed by atoms with Gasteiger partial charge in [0.1, 0.15) is 5.60 Å². The first kappa shape index (κ1) is 16.8. The summed E-state index contributed by atoms with van der Waals surface area (Å²) in [4.78, 5) is 28.7. The maximum Gasteiger partial charge on any atom is 0.407 e. The minimum atomic E-state index is -0.510. The van der Waals surface area contributed by atoms with E-state index in [2.05, 4.69) is 5.32 Å². The first-order valence-electron chi connectivity index (χ1n) is 7.04. The number of carbonyl (C=O) groups excluding carboxylic acids is 2. The molecule has 0 aromatic heterocycles. The lowest BCUT2D eigenvalue weighted by molar-refractivity contribution is -0.174. The lowest BCUT2D eigenvalue weighted by Crippen LogP contribution is -2.44. The number of hydrogen-bond donors (Lipinski definition) is 1. The smallest absolute Gasteiger partial charge is 0.407 e. The number of hydrogen-bond acceptors (Lipinski definition) is 4. The maximum absolute atomic E-state index is 12.0. The molecule has 6 nitrogen and oxygen atoms in total. The number of nitrogens with zero attached hydrogens (tertiary/aromatic N) is 1. The van der Waals surface area contributed by atoms with E-state index in [1.54, 1.807) is 7.05 Å². The molecule has 1 N–H and O–H groups in total. The van der Waals surface area contributed by atoms with Crippen LogP contribution in [0.15, 0.2) is 0 Å². The van der Waals surface area contributed by atoms with Gasteiger partial charge in [0, 0.05) is 19.0 Å². The van der Waals surface area contributed by atoms with Crippen LogP contribution in [0.1, 0.15) is 46.5 Å². The van der Waals surface area contributed by atoms with Crippen molar-refractivity contribution < 1.29 is 19.2 Å². The van der Waals surface area contributed by atoms with Crippen LogP contribution in [0.2, 0.25) is 0 Å². The van der Waals surface area contributed by atoms with E-state index in [4.69, 9.17) is 9.57 Å². The molecule has 2 atom stereocenters. The van der Waals surface area contributed by atoms with Gasteiger partial charge in [-0.1, -0.05) is 6.42 Å². The maximum atomic E-state index is 12.0. The van der Waals surface area contributed by atoms with Crippen LogP contribution in [0.3, 0.4) is 0 Å². The average molecular weight is 286 g/mol. The highest BCUT2D eigenvalue weighted by Crippen LogP contribution is 2.26. The Morgan fingerprint density at radius 2 is 1.90 bits per heavy atom. The SMILES string of the molecule is CON(C)C(=O)[C@@H]1CCC[C@@H](NC(=O)OC(C)(C)C)C1. The number of hydroxylamine groups is 2. The predicted molar refractivity (Wildman–Crippen MR) is 74.9 cm³/mol. The van der Waals surface area contributed by atoms with Crippen molar-refractivity contribution in [1.82, 2.24) is 10.4 Å². The van der Waals surface area contributed by atoms with E-state index >= 15 is 0 Å². The highest BCUT2D eigenvalue weighted by molar-refractivity contribution is 5.78. The number of rotatable bonds is 3. The Bertz CT molecular complexity index is 352. The second-order valence-corrected chi connectivity index (χ2v) is 6.22. The van der Waals surface area contributed by atoms with E-state index in [-0.39, 0.29) is 17.9 Å². The zero-order valence-electron chi connectivity index (χ0n) is 13.1. The summed E-state index contributed by atoms with van der Waals surface area (Å²) in [5, 5.41) is 4.10. The molecule has 116 valence electrons. The van der Waals surface area contributed by atoms with Crippen LogP contribution >= 0.6 is 0 Å². The van der Waals surface area contributed by atoms with Gasteiger partial charge in [-0.2, -0.15) is 0 Å². The fraction of sp³-hybridized carbons (Fsp3) is 0.857. The van der Waals surface area contributed by atoms with Crippen LogP contribution in [0.4, 0.5) is 4.79 Å². The summed E-state index contributed by atoms with van der Waals surface area (Å²) in [7, 11) is 3.07. The van der Waals surface area contributed by atoms with Crippen molar-refractivity contribution in [3.63, 3.8) is 0 Å².